The van der Waals surface area contributed by atoms with Gasteiger partial charge in [0.25, 0.3) is 0 Å². The monoisotopic (exact) mass is 518 g/mol. The Morgan fingerprint density at radius 1 is 1.32 bits per heavy atom. The van der Waals surface area contributed by atoms with Crippen LogP contribution in [-0.4, -0.2) is 86.1 Å². The summed E-state index contributed by atoms with van der Waals surface area (Å²) >= 11 is 0. The number of nitriles is 1. The molecule has 0 radical (unpaired) electrons. The van der Waals surface area contributed by atoms with Gasteiger partial charge in [-0.3, -0.25) is 19.8 Å². The molecule has 2 bridgehead atoms. The SMILES string of the molecule is COCCNc1cc(NC(=O)N2c3nc(C=O)ccc3C3(C(=O)NCC4CN(C)C4)CC2C3)ncc1C#N. The van der Waals surface area contributed by atoms with E-state index in [-0.39, 0.29) is 23.5 Å². The van der Waals surface area contributed by atoms with Crippen molar-refractivity contribution in [2.24, 2.45) is 5.92 Å². The van der Waals surface area contributed by atoms with E-state index in [1.807, 2.05) is 7.05 Å². The lowest BCUT2D eigenvalue weighted by molar-refractivity contribution is -0.131. The van der Waals surface area contributed by atoms with Crippen LogP contribution in [0.25, 0.3) is 0 Å². The minimum Gasteiger partial charge on any atom is -0.383 e. The number of urea groups is 1. The molecule has 2 fully saturated rings. The molecular weight excluding hydrogens is 488 g/mol. The topological polar surface area (TPSA) is 153 Å². The van der Waals surface area contributed by atoms with Crippen molar-refractivity contribution in [2.75, 3.05) is 62.5 Å². The summed E-state index contributed by atoms with van der Waals surface area (Å²) in [6, 6.07) is 6.24. The molecule has 198 valence electrons. The molecule has 2 aromatic heterocycles. The third kappa shape index (κ3) is 4.55. The summed E-state index contributed by atoms with van der Waals surface area (Å²) in [4.78, 5) is 50.7. The van der Waals surface area contributed by atoms with E-state index < -0.39 is 11.4 Å². The van der Waals surface area contributed by atoms with Crippen molar-refractivity contribution in [3.8, 4) is 6.07 Å². The fourth-order valence-electron chi connectivity index (χ4n) is 5.56. The number of nitrogens with one attached hydrogen (secondary N) is 3. The van der Waals surface area contributed by atoms with Gasteiger partial charge in [0.1, 0.15) is 23.4 Å². The molecule has 5 heterocycles. The molecule has 3 N–H and O–H groups in total. The lowest BCUT2D eigenvalue weighted by Gasteiger charge is -2.55. The number of carbonyl (C=O) groups excluding carboxylic acids is 3. The Balaban J connectivity index is 1.37. The fourth-order valence-corrected chi connectivity index (χ4v) is 5.56. The van der Waals surface area contributed by atoms with Crippen LogP contribution in [0.1, 0.15) is 34.5 Å². The van der Waals surface area contributed by atoms with Gasteiger partial charge in [-0.2, -0.15) is 5.26 Å². The van der Waals surface area contributed by atoms with Gasteiger partial charge in [0.15, 0.2) is 6.29 Å². The lowest BCUT2D eigenvalue weighted by Crippen LogP contribution is -2.66. The molecule has 1 saturated heterocycles. The quantitative estimate of drug-likeness (QED) is 0.330. The van der Waals surface area contributed by atoms with Gasteiger partial charge in [-0.05, 0) is 26.0 Å². The van der Waals surface area contributed by atoms with Gasteiger partial charge in [0.05, 0.1) is 23.3 Å². The van der Waals surface area contributed by atoms with Crippen LogP contribution in [0.4, 0.5) is 22.1 Å². The zero-order chi connectivity index (χ0) is 26.9. The molecule has 12 heteroatoms. The number of rotatable bonds is 9. The summed E-state index contributed by atoms with van der Waals surface area (Å²) in [6.45, 7) is 3.44. The minimum atomic E-state index is -0.772. The van der Waals surface area contributed by atoms with E-state index in [2.05, 4.69) is 36.9 Å². The maximum atomic E-state index is 13.5. The second-order valence-corrected chi connectivity index (χ2v) is 10.1. The molecule has 3 aliphatic heterocycles. The van der Waals surface area contributed by atoms with E-state index in [4.69, 9.17) is 4.74 Å². The van der Waals surface area contributed by atoms with Gasteiger partial charge in [-0.1, -0.05) is 6.07 Å². The average molecular weight is 519 g/mol. The Hall–Kier alpha value is -4.08. The second kappa shape index (κ2) is 10.4. The molecule has 0 aromatic carbocycles. The van der Waals surface area contributed by atoms with Crippen molar-refractivity contribution in [1.82, 2.24) is 20.2 Å². The van der Waals surface area contributed by atoms with E-state index in [9.17, 15) is 19.6 Å². The summed E-state index contributed by atoms with van der Waals surface area (Å²) in [5.74, 6) is 0.929. The average Bonchev–Trinajstić information content (AvgIpc) is 2.88. The molecule has 3 amide bonds. The standard InChI is InChI=1S/C26H30N8O4/c1-33-13-16(14-33)11-30-24(36)26-8-19(9-26)34(23-20(26)4-3-18(15-35)31-23)25(37)32-22-7-21(28-5-6-38-2)17(10-27)12-29-22/h3-4,7,12,15-16,19H,5-6,8-9,11,13-14H2,1-2H3,(H,30,36)(H2,28,29,32,37). The third-order valence-corrected chi connectivity index (χ3v) is 7.52. The van der Waals surface area contributed by atoms with Crippen LogP contribution in [0.5, 0.6) is 0 Å². The van der Waals surface area contributed by atoms with Crippen LogP contribution in [0.2, 0.25) is 0 Å². The predicted molar refractivity (Wildman–Crippen MR) is 139 cm³/mol. The maximum Gasteiger partial charge on any atom is 0.328 e. The molecule has 0 unspecified atom stereocenters. The van der Waals surface area contributed by atoms with E-state index in [0.717, 1.165) is 13.1 Å². The third-order valence-electron chi connectivity index (χ3n) is 7.52. The molecule has 1 aliphatic carbocycles. The highest BCUT2D eigenvalue weighted by atomic mass is 16.5. The Bertz CT molecular complexity index is 1300. The fraction of sp³-hybridized carbons (Fsp3) is 0.462. The van der Waals surface area contributed by atoms with Crippen LogP contribution >= 0.6 is 0 Å². The first-order valence-corrected chi connectivity index (χ1v) is 12.5. The summed E-state index contributed by atoms with van der Waals surface area (Å²) in [6.07, 6.45) is 2.94. The van der Waals surface area contributed by atoms with E-state index in [1.54, 1.807) is 25.3 Å². The molecule has 0 spiro atoms. The van der Waals surface area contributed by atoms with Gasteiger partial charge < -0.3 is 20.3 Å². The zero-order valence-corrected chi connectivity index (χ0v) is 21.4. The van der Waals surface area contributed by atoms with Gasteiger partial charge in [0, 0.05) is 63.1 Å². The van der Waals surface area contributed by atoms with Crippen LogP contribution in [-0.2, 0) is 14.9 Å². The smallest absolute Gasteiger partial charge is 0.328 e. The van der Waals surface area contributed by atoms with Crippen molar-refractivity contribution in [3.63, 3.8) is 0 Å². The number of ether oxygens (including phenoxy) is 1. The first kappa shape index (κ1) is 25.6. The van der Waals surface area contributed by atoms with Crippen LogP contribution < -0.4 is 20.9 Å². The van der Waals surface area contributed by atoms with Crippen LogP contribution in [0, 0.1) is 17.2 Å². The maximum absolute atomic E-state index is 13.5. The number of nitrogens with zero attached hydrogens (tertiary/aromatic N) is 5. The number of likely N-dealkylation sites (tertiary alicyclic amines) is 1. The first-order chi connectivity index (χ1) is 18.4. The Kier molecular flexibility index (Phi) is 6.96. The van der Waals surface area contributed by atoms with Gasteiger partial charge in [0.2, 0.25) is 5.91 Å². The number of methoxy groups -OCH3 is 1. The highest BCUT2D eigenvalue weighted by Gasteiger charge is 2.60. The van der Waals surface area contributed by atoms with Crippen molar-refractivity contribution in [2.45, 2.75) is 24.3 Å². The largest absolute Gasteiger partial charge is 0.383 e. The van der Waals surface area contributed by atoms with E-state index >= 15 is 0 Å². The van der Waals surface area contributed by atoms with Crippen molar-refractivity contribution in [1.29, 1.82) is 5.26 Å². The number of aldehydes is 1. The van der Waals surface area contributed by atoms with Crippen LogP contribution in [0.3, 0.4) is 0 Å². The van der Waals surface area contributed by atoms with Crippen molar-refractivity contribution < 1.29 is 19.1 Å². The number of hydrogen-bond donors (Lipinski definition) is 3. The Morgan fingerprint density at radius 3 is 2.79 bits per heavy atom. The normalized spacial score (nSPS) is 21.8. The highest BCUT2D eigenvalue weighted by molar-refractivity contribution is 6.05. The number of aromatic nitrogens is 2. The molecule has 2 aromatic rings. The molecular formula is C26H30N8O4. The second-order valence-electron chi connectivity index (χ2n) is 10.1. The zero-order valence-electron chi connectivity index (χ0n) is 21.4. The van der Waals surface area contributed by atoms with Crippen molar-refractivity contribution in [3.05, 3.63) is 41.2 Å². The molecule has 4 aliphatic rings. The summed E-state index contributed by atoms with van der Waals surface area (Å²) in [5, 5.41) is 18.4. The number of amides is 3. The number of hydrogen-bond acceptors (Lipinski definition) is 9. The number of anilines is 3. The van der Waals surface area contributed by atoms with Crippen molar-refractivity contribution >= 4 is 35.5 Å². The Labute approximate surface area is 220 Å². The first-order valence-electron chi connectivity index (χ1n) is 12.5. The van der Waals surface area contributed by atoms with Gasteiger partial charge in [-0.25, -0.2) is 14.8 Å². The lowest BCUT2D eigenvalue weighted by atomic mass is 9.57. The highest BCUT2D eigenvalue weighted by Crippen LogP contribution is 2.54. The van der Waals surface area contributed by atoms with Gasteiger partial charge >= 0.3 is 6.03 Å². The molecule has 1 saturated carbocycles. The molecule has 0 atom stereocenters. The van der Waals surface area contributed by atoms with Gasteiger partial charge in [-0.15, -0.1) is 0 Å². The summed E-state index contributed by atoms with van der Waals surface area (Å²) in [7, 11) is 3.63. The number of pyridine rings is 2. The van der Waals surface area contributed by atoms with E-state index in [0.29, 0.717) is 67.4 Å². The summed E-state index contributed by atoms with van der Waals surface area (Å²) in [5.41, 5.74) is 0.900. The molecule has 12 nitrogen and oxygen atoms in total. The van der Waals surface area contributed by atoms with E-state index in [1.165, 1.54) is 11.1 Å². The summed E-state index contributed by atoms with van der Waals surface area (Å²) < 4.78 is 5.04. The predicted octanol–water partition coefficient (Wildman–Crippen LogP) is 1.35. The number of carbonyl (C=O) groups is 3. The van der Waals surface area contributed by atoms with Crippen LogP contribution in [0.15, 0.2) is 24.4 Å². The minimum absolute atomic E-state index is 0.0641. The molecule has 38 heavy (non-hydrogen) atoms. The molecule has 6 rings (SSSR count). The Morgan fingerprint density at radius 2 is 2.11 bits per heavy atom.